The van der Waals surface area contributed by atoms with Gasteiger partial charge in [-0.15, -0.1) is 0 Å². The van der Waals surface area contributed by atoms with Crippen molar-refractivity contribution in [2.75, 3.05) is 23.5 Å². The summed E-state index contributed by atoms with van der Waals surface area (Å²) in [4.78, 5) is 10.1. The lowest BCUT2D eigenvalue weighted by Gasteiger charge is -2.31. The Kier molecular flexibility index (Phi) is 6.33. The molecule has 0 spiro atoms. The van der Waals surface area contributed by atoms with Crippen LogP contribution >= 0.6 is 0 Å². The van der Waals surface area contributed by atoms with Gasteiger partial charge in [-0.2, -0.15) is 15.2 Å². The van der Waals surface area contributed by atoms with Gasteiger partial charge in [0, 0.05) is 42.4 Å². The minimum absolute atomic E-state index is 0.00844. The number of nitrogens with one attached hydrogen (secondary N) is 2. The molecule has 0 bridgehead atoms. The lowest BCUT2D eigenvalue weighted by molar-refractivity contribution is 0.0434. The minimum atomic E-state index is -3.83. The lowest BCUT2D eigenvalue weighted by atomic mass is 9.90. The second-order valence-corrected chi connectivity index (χ2v) is 12.5. The summed E-state index contributed by atoms with van der Waals surface area (Å²) in [6, 6.07) is 3.46. The summed E-state index contributed by atoms with van der Waals surface area (Å²) in [5, 5.41) is 24.6. The quantitative estimate of drug-likeness (QED) is 0.285. The summed E-state index contributed by atoms with van der Waals surface area (Å²) in [5.41, 5.74) is 2.46. The fraction of sp³-hybridized carbons (Fsp3) is 0.385. The number of halogens is 2. The highest BCUT2D eigenvalue weighted by molar-refractivity contribution is 7.90. The van der Waals surface area contributed by atoms with Crippen molar-refractivity contribution in [2.24, 2.45) is 0 Å². The number of anilines is 4. The van der Waals surface area contributed by atoms with Crippen molar-refractivity contribution < 1.29 is 22.3 Å². The molecule has 2 fully saturated rings. The number of aliphatic hydroxyl groups is 1. The molecule has 11 nitrogen and oxygen atoms in total. The van der Waals surface area contributed by atoms with Crippen molar-refractivity contribution in [1.29, 1.82) is 0 Å². The van der Waals surface area contributed by atoms with Crippen molar-refractivity contribution in [3.8, 4) is 11.3 Å². The minimum Gasteiger partial charge on any atom is -0.393 e. The normalized spacial score (nSPS) is 18.9. The van der Waals surface area contributed by atoms with Gasteiger partial charge in [-0.3, -0.25) is 9.78 Å². The molecule has 4 aromatic rings. The largest absolute Gasteiger partial charge is 0.393 e. The van der Waals surface area contributed by atoms with Crippen molar-refractivity contribution in [2.45, 2.75) is 55.6 Å². The van der Waals surface area contributed by atoms with Gasteiger partial charge >= 0.3 is 0 Å². The summed E-state index contributed by atoms with van der Waals surface area (Å²) in [7, 11) is -2.41. The van der Waals surface area contributed by atoms with E-state index in [1.54, 1.807) is 10.9 Å². The van der Waals surface area contributed by atoms with E-state index in [0.717, 1.165) is 47.4 Å². The summed E-state index contributed by atoms with van der Waals surface area (Å²) >= 11 is 0. The van der Waals surface area contributed by atoms with Crippen molar-refractivity contribution >= 4 is 33.1 Å². The first kappa shape index (κ1) is 26.3. The first-order valence-corrected chi connectivity index (χ1v) is 14.7. The molecule has 2 aliphatic rings. The van der Waals surface area contributed by atoms with Gasteiger partial charge in [0.15, 0.2) is 27.3 Å². The molecule has 14 heteroatoms. The highest BCUT2D eigenvalue weighted by Crippen LogP contribution is 2.48. The fourth-order valence-corrected chi connectivity index (χ4v) is 5.53. The molecular formula is C26H28F2N8O3S. The van der Waals surface area contributed by atoms with E-state index in [0.29, 0.717) is 35.7 Å². The Morgan fingerprint density at radius 1 is 1.15 bits per heavy atom. The number of sulfone groups is 1. The molecule has 0 atom stereocenters. The Hall–Kier alpha value is -3.91. The number of nitrogens with zero attached hydrogens (tertiary/aromatic N) is 6. The van der Waals surface area contributed by atoms with Crippen LogP contribution in [0.5, 0.6) is 0 Å². The number of hydrogen-bond donors (Lipinski definition) is 3. The third kappa shape index (κ3) is 4.92. The number of benzene rings is 1. The van der Waals surface area contributed by atoms with Crippen LogP contribution in [0.25, 0.3) is 11.3 Å². The molecule has 40 heavy (non-hydrogen) atoms. The zero-order valence-corrected chi connectivity index (χ0v) is 22.9. The number of rotatable bonds is 8. The molecule has 3 N–H and O–H groups in total. The molecule has 0 radical (unpaired) electrons. The molecule has 2 aliphatic carbocycles. The van der Waals surface area contributed by atoms with Crippen LogP contribution in [0.3, 0.4) is 0 Å². The van der Waals surface area contributed by atoms with Crippen LogP contribution in [0.1, 0.15) is 48.9 Å². The number of H-pyrrole nitrogens is 1. The number of hydrogen-bond acceptors (Lipinski definition) is 9. The van der Waals surface area contributed by atoms with E-state index in [-0.39, 0.29) is 24.0 Å². The van der Waals surface area contributed by atoms with E-state index < -0.39 is 32.1 Å². The maximum absolute atomic E-state index is 15.2. The van der Waals surface area contributed by atoms with Gasteiger partial charge in [0.2, 0.25) is 5.95 Å². The fourth-order valence-electron chi connectivity index (χ4n) is 4.90. The third-order valence-electron chi connectivity index (χ3n) is 7.26. The average molecular weight is 571 g/mol. The summed E-state index contributed by atoms with van der Waals surface area (Å²) < 4.78 is 55.9. The zero-order chi connectivity index (χ0) is 28.3. The molecule has 0 aliphatic heterocycles. The Balaban J connectivity index is 1.48. The molecule has 0 saturated heterocycles. The van der Waals surface area contributed by atoms with Crippen LogP contribution < -0.4 is 10.2 Å². The van der Waals surface area contributed by atoms with Gasteiger partial charge in [0.05, 0.1) is 28.9 Å². The monoisotopic (exact) mass is 570 g/mol. The predicted octanol–water partition coefficient (Wildman–Crippen LogP) is 4.14. The summed E-state index contributed by atoms with van der Waals surface area (Å²) in [6.07, 6.45) is 7.18. The Morgan fingerprint density at radius 2 is 1.85 bits per heavy atom. The second-order valence-electron chi connectivity index (χ2n) is 10.5. The van der Waals surface area contributed by atoms with Crippen LogP contribution in [0.2, 0.25) is 0 Å². The highest BCUT2D eigenvalue weighted by atomic mass is 32.2. The molecule has 0 unspecified atom stereocenters. The van der Waals surface area contributed by atoms with Crippen molar-refractivity contribution in [1.82, 2.24) is 29.9 Å². The molecule has 0 amide bonds. The average Bonchev–Trinajstić information content (AvgIpc) is 3.44. The van der Waals surface area contributed by atoms with Crippen LogP contribution in [-0.4, -0.2) is 62.9 Å². The lowest BCUT2D eigenvalue weighted by Crippen LogP contribution is -2.30. The Bertz CT molecular complexity index is 1690. The smallest absolute Gasteiger partial charge is 0.232 e. The predicted molar refractivity (Wildman–Crippen MR) is 144 cm³/mol. The van der Waals surface area contributed by atoms with Gasteiger partial charge in [-0.25, -0.2) is 22.2 Å². The highest BCUT2D eigenvalue weighted by Gasteiger charge is 2.34. The second kappa shape index (κ2) is 9.63. The van der Waals surface area contributed by atoms with E-state index in [1.807, 2.05) is 19.2 Å². The topological polar surface area (TPSA) is 142 Å². The number of aromatic nitrogens is 6. The van der Waals surface area contributed by atoms with Crippen molar-refractivity contribution in [3.63, 3.8) is 0 Å². The molecule has 6 rings (SSSR count). The van der Waals surface area contributed by atoms with Crippen molar-refractivity contribution in [3.05, 3.63) is 53.5 Å². The summed E-state index contributed by atoms with van der Waals surface area (Å²) in [5.74, 6) is -0.992. The van der Waals surface area contributed by atoms with Crippen LogP contribution in [0.15, 0.2) is 35.5 Å². The Labute approximate surface area is 229 Å². The van der Waals surface area contributed by atoms with Gasteiger partial charge < -0.3 is 15.3 Å². The van der Waals surface area contributed by atoms with Gasteiger partial charge in [0.25, 0.3) is 0 Å². The maximum atomic E-state index is 15.2. The van der Waals surface area contributed by atoms with E-state index in [1.165, 1.54) is 7.05 Å². The van der Waals surface area contributed by atoms with Gasteiger partial charge in [0.1, 0.15) is 11.5 Å². The summed E-state index contributed by atoms with van der Waals surface area (Å²) in [6.45, 7) is 1.86. The van der Waals surface area contributed by atoms with Crippen LogP contribution in [0.4, 0.5) is 32.1 Å². The molecular weight excluding hydrogens is 542 g/mol. The number of aryl methyl sites for hydroxylation is 1. The van der Waals surface area contributed by atoms with Crippen LogP contribution in [0, 0.1) is 18.6 Å². The van der Waals surface area contributed by atoms with E-state index in [2.05, 4.69) is 25.6 Å². The molecule has 1 aromatic carbocycles. The van der Waals surface area contributed by atoms with Crippen LogP contribution in [-0.2, 0) is 9.84 Å². The standard InChI is InChI=1S/C26H28F2N8O3S/c1-13-6-21(34-33-13)30-25-22(14-4-5-14)23(15-11-29-36(12-15)16-7-17(37)8-16)31-26(32-25)35(2)24-19(27)9-18(10-20(24)28)40(3,38)39/h6,9-12,14,16-17,37H,4-5,7-8H2,1-3H3,(H2,30,31,32,33,34). The molecule has 3 aromatic heterocycles. The SMILES string of the molecule is Cc1cc(Nc2nc(N(C)c3c(F)cc(S(C)(=O)=O)cc3F)nc(-c3cnn(C4CC(O)C4)c3)c2C2CC2)n[nH]1. The molecule has 3 heterocycles. The number of aromatic amines is 1. The Morgan fingerprint density at radius 3 is 2.42 bits per heavy atom. The maximum Gasteiger partial charge on any atom is 0.232 e. The van der Waals surface area contributed by atoms with E-state index >= 15 is 8.78 Å². The molecule has 2 saturated carbocycles. The number of aliphatic hydroxyl groups excluding tert-OH is 1. The first-order chi connectivity index (χ1) is 19.0. The van der Waals surface area contributed by atoms with E-state index in [9.17, 15) is 13.5 Å². The van der Waals surface area contributed by atoms with Gasteiger partial charge in [-0.1, -0.05) is 0 Å². The third-order valence-corrected chi connectivity index (χ3v) is 8.36. The van der Waals surface area contributed by atoms with Gasteiger partial charge in [-0.05, 0) is 50.7 Å². The first-order valence-electron chi connectivity index (χ1n) is 12.8. The van der Waals surface area contributed by atoms with E-state index in [4.69, 9.17) is 4.98 Å². The zero-order valence-electron chi connectivity index (χ0n) is 22.1. The molecule has 210 valence electrons.